The van der Waals surface area contributed by atoms with Crippen molar-refractivity contribution >= 4 is 0 Å². The number of alkyl halides is 3. The van der Waals surface area contributed by atoms with Gasteiger partial charge in [-0.2, -0.15) is 13.2 Å². The van der Waals surface area contributed by atoms with Gasteiger partial charge in [-0.1, -0.05) is 18.2 Å². The van der Waals surface area contributed by atoms with Crippen molar-refractivity contribution in [2.45, 2.75) is 33.1 Å². The Kier molecular flexibility index (Phi) is 5.65. The molecule has 0 spiro atoms. The Labute approximate surface area is 161 Å². The van der Waals surface area contributed by atoms with E-state index in [1.807, 2.05) is 13.8 Å². The molecule has 1 heterocycles. The fourth-order valence-corrected chi connectivity index (χ4v) is 2.97. The molecule has 1 aromatic heterocycles. The van der Waals surface area contributed by atoms with E-state index < -0.39 is 11.7 Å². The summed E-state index contributed by atoms with van der Waals surface area (Å²) in [6.45, 7) is 3.93. The number of hydrogen-bond donors (Lipinski definition) is 2. The molecule has 0 aliphatic rings. The third-order valence-electron chi connectivity index (χ3n) is 4.38. The first-order valence-corrected chi connectivity index (χ1v) is 8.74. The quantitative estimate of drug-likeness (QED) is 0.662. The van der Waals surface area contributed by atoms with Gasteiger partial charge in [-0.05, 0) is 43.7 Å². The van der Waals surface area contributed by atoms with E-state index >= 15 is 0 Å². The summed E-state index contributed by atoms with van der Waals surface area (Å²) in [6, 6.07) is 10.5. The molecule has 0 atom stereocenters. The molecule has 4 nitrogen and oxygen atoms in total. The largest absolute Gasteiger partial charge is 0.508 e. The zero-order chi connectivity index (χ0) is 20.3. The predicted octanol–water partition coefficient (Wildman–Crippen LogP) is 4.77. The van der Waals surface area contributed by atoms with E-state index in [0.29, 0.717) is 11.3 Å². The lowest BCUT2D eigenvalue weighted by atomic mass is 10.0. The Bertz CT molecular complexity index is 987. The number of rotatable bonds is 5. The molecule has 2 aromatic carbocycles. The molecule has 3 aromatic rings. The van der Waals surface area contributed by atoms with Crippen molar-refractivity contribution in [3.8, 4) is 17.0 Å². The zero-order valence-corrected chi connectivity index (χ0v) is 15.5. The van der Waals surface area contributed by atoms with Crippen LogP contribution >= 0.6 is 0 Å². The summed E-state index contributed by atoms with van der Waals surface area (Å²) in [7, 11) is 0. The van der Waals surface area contributed by atoms with Crippen LogP contribution in [0.25, 0.3) is 11.3 Å². The lowest BCUT2D eigenvalue weighted by Gasteiger charge is -2.14. The molecule has 2 N–H and O–H groups in total. The number of aryl methyl sites for hydroxylation is 2. The SMILES string of the molecule is Cc1cnc(C)c(-c2ccc(O)c(CNCc3ccccc3C(F)(F)F)c2)n1. The normalized spacial score (nSPS) is 11.6. The van der Waals surface area contributed by atoms with Gasteiger partial charge in [0.25, 0.3) is 0 Å². The second-order valence-corrected chi connectivity index (χ2v) is 6.55. The Morgan fingerprint density at radius 3 is 2.46 bits per heavy atom. The van der Waals surface area contributed by atoms with E-state index in [9.17, 15) is 18.3 Å². The standard InChI is InChI=1S/C21H20F3N3O/c1-13-10-26-14(2)20(27-13)15-7-8-19(28)17(9-15)12-25-11-16-5-3-4-6-18(16)21(22,23)24/h3-10,25,28H,11-12H2,1-2H3. The van der Waals surface area contributed by atoms with E-state index in [1.165, 1.54) is 12.1 Å². The van der Waals surface area contributed by atoms with Crippen molar-refractivity contribution < 1.29 is 18.3 Å². The van der Waals surface area contributed by atoms with Gasteiger partial charge in [-0.15, -0.1) is 0 Å². The molecular formula is C21H20F3N3O. The zero-order valence-electron chi connectivity index (χ0n) is 15.5. The lowest BCUT2D eigenvalue weighted by Crippen LogP contribution is -2.17. The first-order chi connectivity index (χ1) is 13.3. The first kappa shape index (κ1) is 19.8. The van der Waals surface area contributed by atoms with Crippen molar-refractivity contribution in [1.29, 1.82) is 0 Å². The maximum atomic E-state index is 13.1. The van der Waals surface area contributed by atoms with Crippen LogP contribution in [-0.4, -0.2) is 15.1 Å². The summed E-state index contributed by atoms with van der Waals surface area (Å²) in [4.78, 5) is 8.79. The van der Waals surface area contributed by atoms with E-state index in [1.54, 1.807) is 30.5 Å². The van der Waals surface area contributed by atoms with E-state index in [0.717, 1.165) is 23.0 Å². The molecule has 0 bridgehead atoms. The second kappa shape index (κ2) is 7.98. The minimum Gasteiger partial charge on any atom is -0.508 e. The summed E-state index contributed by atoms with van der Waals surface area (Å²) in [5.74, 6) is 0.0682. The third-order valence-corrected chi connectivity index (χ3v) is 4.38. The average molecular weight is 387 g/mol. The summed E-state index contributed by atoms with van der Waals surface area (Å²) in [5.41, 5.74) is 3.11. The van der Waals surface area contributed by atoms with Crippen LogP contribution in [0.2, 0.25) is 0 Å². The minimum absolute atomic E-state index is 0.0304. The van der Waals surface area contributed by atoms with Gasteiger partial charge in [-0.3, -0.25) is 4.98 Å². The van der Waals surface area contributed by atoms with E-state index in [4.69, 9.17) is 0 Å². The van der Waals surface area contributed by atoms with Crippen LogP contribution in [-0.2, 0) is 19.3 Å². The van der Waals surface area contributed by atoms with Gasteiger partial charge < -0.3 is 10.4 Å². The third kappa shape index (κ3) is 4.48. The van der Waals surface area contributed by atoms with Crippen LogP contribution in [0, 0.1) is 13.8 Å². The highest BCUT2D eigenvalue weighted by Crippen LogP contribution is 2.32. The highest BCUT2D eigenvalue weighted by atomic mass is 19.4. The van der Waals surface area contributed by atoms with Crippen LogP contribution in [0.15, 0.2) is 48.7 Å². The van der Waals surface area contributed by atoms with Gasteiger partial charge >= 0.3 is 6.18 Å². The van der Waals surface area contributed by atoms with Gasteiger partial charge in [0.15, 0.2) is 0 Å². The summed E-state index contributed by atoms with van der Waals surface area (Å²) < 4.78 is 39.3. The fraction of sp³-hybridized carbons (Fsp3) is 0.238. The summed E-state index contributed by atoms with van der Waals surface area (Å²) in [6.07, 6.45) is -2.72. The molecule has 3 rings (SSSR count). The molecule has 0 aliphatic carbocycles. The van der Waals surface area contributed by atoms with Gasteiger partial charge in [0.05, 0.1) is 22.6 Å². The van der Waals surface area contributed by atoms with Crippen LogP contribution in [0.1, 0.15) is 28.1 Å². The molecular weight excluding hydrogens is 367 g/mol. The molecule has 28 heavy (non-hydrogen) atoms. The molecule has 0 amide bonds. The number of halogens is 3. The van der Waals surface area contributed by atoms with Crippen LogP contribution < -0.4 is 5.32 Å². The van der Waals surface area contributed by atoms with Gasteiger partial charge in [-0.25, -0.2) is 4.98 Å². The number of aromatic nitrogens is 2. The van der Waals surface area contributed by atoms with E-state index in [2.05, 4.69) is 15.3 Å². The molecule has 0 unspecified atom stereocenters. The molecule has 0 saturated carbocycles. The van der Waals surface area contributed by atoms with Gasteiger partial charge in [0.2, 0.25) is 0 Å². The molecule has 0 aliphatic heterocycles. The monoisotopic (exact) mass is 387 g/mol. The van der Waals surface area contributed by atoms with Gasteiger partial charge in [0.1, 0.15) is 5.75 Å². The molecule has 146 valence electrons. The lowest BCUT2D eigenvalue weighted by molar-refractivity contribution is -0.138. The molecule has 7 heteroatoms. The minimum atomic E-state index is -4.40. The summed E-state index contributed by atoms with van der Waals surface area (Å²) >= 11 is 0. The van der Waals surface area contributed by atoms with Crippen molar-refractivity contribution in [3.05, 3.63) is 76.7 Å². The van der Waals surface area contributed by atoms with Gasteiger partial charge in [0, 0.05) is 30.4 Å². The van der Waals surface area contributed by atoms with Crippen molar-refractivity contribution in [2.75, 3.05) is 0 Å². The smallest absolute Gasteiger partial charge is 0.416 e. The number of aromatic hydroxyl groups is 1. The Balaban J connectivity index is 1.78. The van der Waals surface area contributed by atoms with Crippen LogP contribution in [0.4, 0.5) is 13.2 Å². The molecule has 0 saturated heterocycles. The predicted molar refractivity (Wildman–Crippen MR) is 101 cm³/mol. The fourth-order valence-electron chi connectivity index (χ4n) is 2.97. The summed E-state index contributed by atoms with van der Waals surface area (Å²) in [5, 5.41) is 13.1. The highest BCUT2D eigenvalue weighted by molar-refractivity contribution is 5.64. The first-order valence-electron chi connectivity index (χ1n) is 8.74. The number of nitrogens with one attached hydrogen (secondary N) is 1. The number of phenolic OH excluding ortho intramolecular Hbond substituents is 1. The van der Waals surface area contributed by atoms with Crippen molar-refractivity contribution in [3.63, 3.8) is 0 Å². The number of nitrogens with zero attached hydrogens (tertiary/aromatic N) is 2. The maximum Gasteiger partial charge on any atom is 0.416 e. The topological polar surface area (TPSA) is 58.0 Å². The van der Waals surface area contributed by atoms with Crippen molar-refractivity contribution in [1.82, 2.24) is 15.3 Å². The van der Waals surface area contributed by atoms with Crippen LogP contribution in [0.3, 0.4) is 0 Å². The second-order valence-electron chi connectivity index (χ2n) is 6.55. The average Bonchev–Trinajstić information content (AvgIpc) is 2.65. The van der Waals surface area contributed by atoms with Crippen LogP contribution in [0.5, 0.6) is 5.75 Å². The van der Waals surface area contributed by atoms with E-state index in [-0.39, 0.29) is 24.4 Å². The number of benzene rings is 2. The Hall–Kier alpha value is -2.93. The number of phenols is 1. The molecule has 0 radical (unpaired) electrons. The maximum absolute atomic E-state index is 13.1. The highest BCUT2D eigenvalue weighted by Gasteiger charge is 2.32. The van der Waals surface area contributed by atoms with Crippen molar-refractivity contribution in [2.24, 2.45) is 0 Å². The Morgan fingerprint density at radius 2 is 1.71 bits per heavy atom. The Morgan fingerprint density at radius 1 is 1.00 bits per heavy atom. The molecule has 0 fully saturated rings. The number of hydrogen-bond acceptors (Lipinski definition) is 4.